The molecule has 0 atom stereocenters. The van der Waals surface area contributed by atoms with Crippen LogP contribution in [0.3, 0.4) is 0 Å². The molecular formula is C16H18ClFN2O. The summed E-state index contributed by atoms with van der Waals surface area (Å²) in [5, 5.41) is 4.25. The molecule has 3 nitrogen and oxygen atoms in total. The average Bonchev–Trinajstić information content (AvgIpc) is 2.67. The zero-order valence-electron chi connectivity index (χ0n) is 11.7. The zero-order chi connectivity index (χ0) is 14.8. The number of hydrogen-bond donors (Lipinski definition) is 1. The lowest BCUT2D eigenvalue weighted by Crippen LogP contribution is -1.99. The maximum atomic E-state index is 13.2. The van der Waals surface area contributed by atoms with Crippen LogP contribution < -0.4 is 5.73 Å². The summed E-state index contributed by atoms with van der Waals surface area (Å²) < 4.78 is 18.7. The molecule has 0 saturated heterocycles. The molecule has 1 aliphatic carbocycles. The van der Waals surface area contributed by atoms with Crippen LogP contribution in [0.5, 0.6) is 0 Å². The zero-order valence-corrected chi connectivity index (χ0v) is 12.5. The average molecular weight is 309 g/mol. The van der Waals surface area contributed by atoms with E-state index in [2.05, 4.69) is 5.16 Å². The van der Waals surface area contributed by atoms with Crippen molar-refractivity contribution in [2.24, 2.45) is 0 Å². The van der Waals surface area contributed by atoms with E-state index >= 15 is 0 Å². The van der Waals surface area contributed by atoms with Crippen LogP contribution in [0.1, 0.15) is 50.2 Å². The van der Waals surface area contributed by atoms with Gasteiger partial charge >= 0.3 is 0 Å². The van der Waals surface area contributed by atoms with Crippen molar-refractivity contribution in [1.82, 2.24) is 5.16 Å². The summed E-state index contributed by atoms with van der Waals surface area (Å²) in [5.74, 6) is 1.06. The molecule has 0 spiro atoms. The molecular weight excluding hydrogens is 291 g/mol. The Balaban J connectivity index is 2.03. The second kappa shape index (κ2) is 6.06. The molecule has 3 rings (SSSR count). The second-order valence-corrected chi connectivity index (χ2v) is 6.03. The summed E-state index contributed by atoms with van der Waals surface area (Å²) in [6.07, 6.45) is 7.02. The molecule has 2 N–H and O–H groups in total. The maximum absolute atomic E-state index is 13.2. The summed E-state index contributed by atoms with van der Waals surface area (Å²) >= 11 is 6.17. The maximum Gasteiger partial charge on any atom is 0.175 e. The first kappa shape index (κ1) is 14.4. The number of anilines is 1. The SMILES string of the molecule is Nc1noc(C2CCCCCC2)c1-c1ccc(F)cc1Cl. The quantitative estimate of drug-likeness (QED) is 0.780. The minimum atomic E-state index is -0.366. The molecule has 21 heavy (non-hydrogen) atoms. The van der Waals surface area contributed by atoms with Gasteiger partial charge in [0.25, 0.3) is 0 Å². The van der Waals surface area contributed by atoms with E-state index in [4.69, 9.17) is 21.9 Å². The van der Waals surface area contributed by atoms with Crippen LogP contribution >= 0.6 is 11.6 Å². The Labute approximate surface area is 128 Å². The number of hydrogen-bond acceptors (Lipinski definition) is 3. The van der Waals surface area contributed by atoms with Crippen molar-refractivity contribution >= 4 is 17.4 Å². The van der Waals surface area contributed by atoms with E-state index in [-0.39, 0.29) is 5.82 Å². The number of nitrogens with two attached hydrogens (primary N) is 1. The lowest BCUT2D eigenvalue weighted by Gasteiger charge is -2.13. The fraction of sp³-hybridized carbons (Fsp3) is 0.438. The van der Waals surface area contributed by atoms with Gasteiger partial charge < -0.3 is 10.3 Å². The van der Waals surface area contributed by atoms with E-state index < -0.39 is 0 Å². The Hall–Kier alpha value is -1.55. The highest BCUT2D eigenvalue weighted by Gasteiger charge is 2.26. The third-order valence-electron chi connectivity index (χ3n) is 4.17. The number of nitrogen functional groups attached to an aromatic ring is 1. The van der Waals surface area contributed by atoms with E-state index in [0.29, 0.717) is 22.3 Å². The van der Waals surface area contributed by atoms with E-state index in [0.717, 1.165) is 24.2 Å². The first-order chi connectivity index (χ1) is 10.2. The van der Waals surface area contributed by atoms with Crippen molar-refractivity contribution < 1.29 is 8.91 Å². The molecule has 0 aliphatic heterocycles. The van der Waals surface area contributed by atoms with Crippen molar-refractivity contribution in [2.75, 3.05) is 5.73 Å². The molecule has 112 valence electrons. The van der Waals surface area contributed by atoms with Crippen LogP contribution in [0.4, 0.5) is 10.2 Å². The van der Waals surface area contributed by atoms with Gasteiger partial charge in [-0.05, 0) is 31.0 Å². The predicted octanol–water partition coefficient (Wildman–Crippen LogP) is 5.15. The summed E-state index contributed by atoms with van der Waals surface area (Å²) in [6, 6.07) is 4.31. The van der Waals surface area contributed by atoms with Gasteiger partial charge in [0, 0.05) is 11.5 Å². The Morgan fingerprint density at radius 3 is 2.57 bits per heavy atom. The Morgan fingerprint density at radius 2 is 1.90 bits per heavy atom. The smallest absolute Gasteiger partial charge is 0.175 e. The van der Waals surface area contributed by atoms with Crippen LogP contribution in [0.25, 0.3) is 11.1 Å². The molecule has 0 radical (unpaired) electrons. The number of benzene rings is 1. The minimum Gasteiger partial charge on any atom is -0.380 e. The van der Waals surface area contributed by atoms with Crippen molar-refractivity contribution in [3.05, 3.63) is 34.8 Å². The molecule has 5 heteroatoms. The molecule has 1 aromatic heterocycles. The highest BCUT2D eigenvalue weighted by Crippen LogP contribution is 2.42. The molecule has 0 amide bonds. The molecule has 1 fully saturated rings. The molecule has 1 aliphatic rings. The van der Waals surface area contributed by atoms with Gasteiger partial charge in [0.15, 0.2) is 5.82 Å². The standard InChI is InChI=1S/C16H18ClFN2O/c17-13-9-11(18)7-8-12(13)14-15(21-20-16(14)19)10-5-3-1-2-4-6-10/h7-10H,1-6H2,(H2,19,20). The van der Waals surface area contributed by atoms with Crippen LogP contribution in [-0.4, -0.2) is 5.16 Å². The lowest BCUT2D eigenvalue weighted by molar-refractivity contribution is 0.350. The number of rotatable bonds is 2. The van der Waals surface area contributed by atoms with Crippen molar-refractivity contribution in [3.8, 4) is 11.1 Å². The lowest BCUT2D eigenvalue weighted by atomic mass is 9.92. The van der Waals surface area contributed by atoms with E-state index in [1.165, 1.54) is 37.8 Å². The van der Waals surface area contributed by atoms with Crippen LogP contribution in [-0.2, 0) is 0 Å². The molecule has 1 saturated carbocycles. The second-order valence-electron chi connectivity index (χ2n) is 5.62. The third kappa shape index (κ3) is 2.91. The summed E-state index contributed by atoms with van der Waals surface area (Å²) in [6.45, 7) is 0. The Bertz CT molecular complexity index is 633. The first-order valence-corrected chi connectivity index (χ1v) is 7.75. The minimum absolute atomic E-state index is 0.313. The highest BCUT2D eigenvalue weighted by molar-refractivity contribution is 6.33. The van der Waals surface area contributed by atoms with E-state index in [1.54, 1.807) is 6.07 Å². The Morgan fingerprint density at radius 1 is 1.19 bits per heavy atom. The number of nitrogens with zero attached hydrogens (tertiary/aromatic N) is 1. The van der Waals surface area contributed by atoms with Crippen LogP contribution in [0.2, 0.25) is 5.02 Å². The van der Waals surface area contributed by atoms with Gasteiger partial charge in [-0.3, -0.25) is 0 Å². The van der Waals surface area contributed by atoms with Gasteiger partial charge in [0.2, 0.25) is 0 Å². The highest BCUT2D eigenvalue weighted by atomic mass is 35.5. The predicted molar refractivity (Wildman–Crippen MR) is 81.8 cm³/mol. The van der Waals surface area contributed by atoms with Gasteiger partial charge in [-0.25, -0.2) is 4.39 Å². The van der Waals surface area contributed by atoms with Gasteiger partial charge in [-0.1, -0.05) is 42.4 Å². The van der Waals surface area contributed by atoms with Gasteiger partial charge in [0.1, 0.15) is 11.6 Å². The first-order valence-electron chi connectivity index (χ1n) is 7.37. The topological polar surface area (TPSA) is 52.0 Å². The number of halogens is 2. The monoisotopic (exact) mass is 308 g/mol. The van der Waals surface area contributed by atoms with Gasteiger partial charge in [0.05, 0.1) is 10.6 Å². The van der Waals surface area contributed by atoms with Crippen LogP contribution in [0, 0.1) is 5.82 Å². The van der Waals surface area contributed by atoms with Gasteiger partial charge in [-0.15, -0.1) is 0 Å². The molecule has 0 bridgehead atoms. The molecule has 1 aromatic carbocycles. The summed E-state index contributed by atoms with van der Waals surface area (Å²) in [7, 11) is 0. The molecule has 1 heterocycles. The van der Waals surface area contributed by atoms with Crippen molar-refractivity contribution in [2.45, 2.75) is 44.4 Å². The molecule has 2 aromatic rings. The van der Waals surface area contributed by atoms with Crippen molar-refractivity contribution in [3.63, 3.8) is 0 Å². The fourth-order valence-electron chi connectivity index (χ4n) is 3.10. The van der Waals surface area contributed by atoms with Gasteiger partial charge in [-0.2, -0.15) is 0 Å². The van der Waals surface area contributed by atoms with E-state index in [1.807, 2.05) is 0 Å². The summed E-state index contributed by atoms with van der Waals surface area (Å²) in [4.78, 5) is 0. The summed E-state index contributed by atoms with van der Waals surface area (Å²) in [5.41, 5.74) is 7.39. The van der Waals surface area contributed by atoms with Crippen LogP contribution in [0.15, 0.2) is 22.7 Å². The molecule has 0 unspecified atom stereocenters. The number of aromatic nitrogens is 1. The van der Waals surface area contributed by atoms with E-state index in [9.17, 15) is 4.39 Å². The normalized spacial score (nSPS) is 16.9. The Kier molecular flexibility index (Phi) is 4.15. The fourth-order valence-corrected chi connectivity index (χ4v) is 3.36. The largest absolute Gasteiger partial charge is 0.380 e. The van der Waals surface area contributed by atoms with Crippen molar-refractivity contribution in [1.29, 1.82) is 0 Å². The third-order valence-corrected chi connectivity index (χ3v) is 4.48.